The van der Waals surface area contributed by atoms with Gasteiger partial charge in [0.25, 0.3) is 0 Å². The van der Waals surface area contributed by atoms with Crippen LogP contribution in [0, 0.1) is 6.92 Å². The normalized spacial score (nSPS) is 13.9. The first-order valence-electron chi connectivity index (χ1n) is 10.2. The molecular formula is C22H28N2O6S. The molecule has 0 saturated heterocycles. The van der Waals surface area contributed by atoms with Crippen molar-refractivity contribution < 1.29 is 27.4 Å². The second kappa shape index (κ2) is 9.91. The molecule has 1 N–H and O–H groups in total. The second-order valence-corrected chi connectivity index (χ2v) is 9.51. The van der Waals surface area contributed by atoms with Crippen molar-refractivity contribution in [2.45, 2.75) is 26.8 Å². The summed E-state index contributed by atoms with van der Waals surface area (Å²) in [6.07, 6.45) is 0. The second-order valence-electron chi connectivity index (χ2n) is 7.33. The van der Waals surface area contributed by atoms with Crippen LogP contribution >= 0.6 is 0 Å². The van der Waals surface area contributed by atoms with Gasteiger partial charge in [-0.1, -0.05) is 17.7 Å². The van der Waals surface area contributed by atoms with Crippen molar-refractivity contribution in [1.29, 1.82) is 0 Å². The summed E-state index contributed by atoms with van der Waals surface area (Å²) in [5, 5.41) is 2.79. The van der Waals surface area contributed by atoms with Crippen molar-refractivity contribution >= 4 is 21.6 Å². The zero-order chi connectivity index (χ0) is 22.4. The van der Waals surface area contributed by atoms with Gasteiger partial charge in [0.15, 0.2) is 11.5 Å². The maximum atomic E-state index is 12.7. The van der Waals surface area contributed by atoms with Gasteiger partial charge < -0.3 is 19.5 Å². The van der Waals surface area contributed by atoms with Gasteiger partial charge in [-0.15, -0.1) is 0 Å². The molecular weight excluding hydrogens is 420 g/mol. The highest BCUT2D eigenvalue weighted by Crippen LogP contribution is 2.34. The molecule has 0 spiro atoms. The summed E-state index contributed by atoms with van der Waals surface area (Å²) in [7, 11) is -3.69. The third-order valence-corrected chi connectivity index (χ3v) is 6.47. The first-order chi connectivity index (χ1) is 14.8. The van der Waals surface area contributed by atoms with Crippen LogP contribution in [-0.4, -0.2) is 52.5 Å². The predicted molar refractivity (Wildman–Crippen MR) is 119 cm³/mol. The molecule has 2 aromatic carbocycles. The van der Waals surface area contributed by atoms with E-state index in [0.717, 1.165) is 9.87 Å². The Kier molecular flexibility index (Phi) is 7.27. The van der Waals surface area contributed by atoms with E-state index in [0.29, 0.717) is 36.1 Å². The monoisotopic (exact) mass is 448 g/mol. The van der Waals surface area contributed by atoms with Crippen LogP contribution in [0.1, 0.15) is 19.4 Å². The number of hydrogen-bond donors (Lipinski definition) is 1. The summed E-state index contributed by atoms with van der Waals surface area (Å²) < 4.78 is 43.2. The van der Waals surface area contributed by atoms with Gasteiger partial charge in [0.05, 0.1) is 17.5 Å². The molecule has 0 bridgehead atoms. The van der Waals surface area contributed by atoms with Crippen molar-refractivity contribution in [3.8, 4) is 17.2 Å². The third-order valence-electron chi connectivity index (χ3n) is 4.73. The SMILES string of the molecule is CCS(=O)(=O)N(CC(=O)N[C@H](C)COc1ccc(C)cc1)c1ccc2c(c1)OCCO2. The molecule has 1 heterocycles. The largest absolute Gasteiger partial charge is 0.491 e. The fourth-order valence-electron chi connectivity index (χ4n) is 3.04. The van der Waals surface area contributed by atoms with Gasteiger partial charge in [-0.3, -0.25) is 9.10 Å². The maximum Gasteiger partial charge on any atom is 0.241 e. The van der Waals surface area contributed by atoms with Gasteiger partial charge in [0.2, 0.25) is 15.9 Å². The average Bonchev–Trinajstić information content (AvgIpc) is 2.76. The number of hydrogen-bond acceptors (Lipinski definition) is 6. The Balaban J connectivity index is 1.65. The molecule has 0 aromatic heterocycles. The van der Waals surface area contributed by atoms with Gasteiger partial charge in [0, 0.05) is 6.07 Å². The van der Waals surface area contributed by atoms with Crippen molar-refractivity contribution in [2.75, 3.05) is 36.4 Å². The molecule has 31 heavy (non-hydrogen) atoms. The van der Waals surface area contributed by atoms with Gasteiger partial charge in [0.1, 0.15) is 32.1 Å². The molecule has 168 valence electrons. The number of benzene rings is 2. The lowest BCUT2D eigenvalue weighted by molar-refractivity contribution is -0.120. The first-order valence-corrected chi connectivity index (χ1v) is 11.8. The van der Waals surface area contributed by atoms with E-state index in [4.69, 9.17) is 14.2 Å². The fourth-order valence-corrected chi connectivity index (χ4v) is 4.10. The summed E-state index contributed by atoms with van der Waals surface area (Å²) in [5.41, 5.74) is 1.48. The van der Waals surface area contributed by atoms with Crippen LogP contribution in [0.3, 0.4) is 0 Å². The Bertz CT molecular complexity index is 1010. The molecule has 0 unspecified atom stereocenters. The summed E-state index contributed by atoms with van der Waals surface area (Å²) >= 11 is 0. The van der Waals surface area contributed by atoms with Crippen molar-refractivity contribution in [2.24, 2.45) is 0 Å². The van der Waals surface area contributed by atoms with E-state index in [9.17, 15) is 13.2 Å². The molecule has 0 radical (unpaired) electrons. The Morgan fingerprint density at radius 2 is 1.81 bits per heavy atom. The minimum Gasteiger partial charge on any atom is -0.491 e. The number of sulfonamides is 1. The Morgan fingerprint density at radius 1 is 1.13 bits per heavy atom. The zero-order valence-corrected chi connectivity index (χ0v) is 18.8. The number of carbonyl (C=O) groups excluding carboxylic acids is 1. The fraction of sp³-hybridized carbons (Fsp3) is 0.409. The minimum atomic E-state index is -3.69. The van der Waals surface area contributed by atoms with E-state index in [2.05, 4.69) is 5.32 Å². The third kappa shape index (κ3) is 6.04. The van der Waals surface area contributed by atoms with Gasteiger partial charge in [-0.25, -0.2) is 8.42 Å². The predicted octanol–water partition coefficient (Wildman–Crippen LogP) is 2.51. The van der Waals surface area contributed by atoms with Crippen molar-refractivity contribution in [3.05, 3.63) is 48.0 Å². The Labute approximate surface area is 183 Å². The smallest absolute Gasteiger partial charge is 0.241 e. The molecule has 1 amide bonds. The lowest BCUT2D eigenvalue weighted by atomic mass is 10.2. The van der Waals surface area contributed by atoms with E-state index in [-0.39, 0.29) is 24.9 Å². The molecule has 3 rings (SSSR count). The molecule has 2 aromatic rings. The molecule has 9 heteroatoms. The molecule has 0 fully saturated rings. The molecule has 1 aliphatic rings. The number of nitrogens with one attached hydrogen (secondary N) is 1. The lowest BCUT2D eigenvalue weighted by Gasteiger charge is -2.26. The van der Waals surface area contributed by atoms with Crippen LogP contribution < -0.4 is 23.8 Å². The zero-order valence-electron chi connectivity index (χ0n) is 18.0. The number of aryl methyl sites for hydroxylation is 1. The number of carbonyl (C=O) groups is 1. The van der Waals surface area contributed by atoms with Gasteiger partial charge in [-0.2, -0.15) is 0 Å². The number of rotatable bonds is 9. The van der Waals surface area contributed by atoms with Crippen LogP contribution in [-0.2, 0) is 14.8 Å². The molecule has 8 nitrogen and oxygen atoms in total. The van der Waals surface area contributed by atoms with E-state index in [1.54, 1.807) is 25.1 Å². The number of anilines is 1. The van der Waals surface area contributed by atoms with Crippen molar-refractivity contribution in [3.63, 3.8) is 0 Å². The van der Waals surface area contributed by atoms with Gasteiger partial charge >= 0.3 is 0 Å². The highest BCUT2D eigenvalue weighted by Gasteiger charge is 2.26. The van der Waals surface area contributed by atoms with E-state index in [1.165, 1.54) is 6.92 Å². The summed E-state index contributed by atoms with van der Waals surface area (Å²) in [6, 6.07) is 12.1. The number of amides is 1. The Hall–Kier alpha value is -2.94. The summed E-state index contributed by atoms with van der Waals surface area (Å²) in [5.74, 6) is 1.15. The van der Waals surface area contributed by atoms with Crippen LogP contribution in [0.4, 0.5) is 5.69 Å². The topological polar surface area (TPSA) is 94.2 Å². The first kappa shape index (κ1) is 22.7. The summed E-state index contributed by atoms with van der Waals surface area (Å²) in [4.78, 5) is 12.6. The standard InChI is InChI=1S/C22H28N2O6S/c1-4-31(26,27)24(18-7-10-20-21(13-18)29-12-11-28-20)14-22(25)23-17(3)15-30-19-8-5-16(2)6-9-19/h5-10,13,17H,4,11-12,14-15H2,1-3H3,(H,23,25)/t17-/m1/s1. The maximum absolute atomic E-state index is 12.7. The molecule has 1 atom stereocenters. The average molecular weight is 449 g/mol. The molecule has 1 aliphatic heterocycles. The van der Waals surface area contributed by atoms with Crippen LogP contribution in [0.25, 0.3) is 0 Å². The highest BCUT2D eigenvalue weighted by molar-refractivity contribution is 7.92. The van der Waals surface area contributed by atoms with Crippen molar-refractivity contribution in [1.82, 2.24) is 5.32 Å². The number of fused-ring (bicyclic) bond motifs is 1. The number of ether oxygens (including phenoxy) is 3. The van der Waals surface area contributed by atoms with Gasteiger partial charge in [-0.05, 0) is 45.0 Å². The van der Waals surface area contributed by atoms with E-state index >= 15 is 0 Å². The highest BCUT2D eigenvalue weighted by atomic mass is 32.2. The minimum absolute atomic E-state index is 0.138. The summed E-state index contributed by atoms with van der Waals surface area (Å²) in [6.45, 7) is 6.07. The van der Waals surface area contributed by atoms with E-state index < -0.39 is 15.9 Å². The number of nitrogens with zero attached hydrogens (tertiary/aromatic N) is 1. The quantitative estimate of drug-likeness (QED) is 0.634. The van der Waals surface area contributed by atoms with Crippen LogP contribution in [0.5, 0.6) is 17.2 Å². The van der Waals surface area contributed by atoms with E-state index in [1.807, 2.05) is 31.2 Å². The van der Waals surface area contributed by atoms with Crippen LogP contribution in [0.2, 0.25) is 0 Å². The van der Waals surface area contributed by atoms with Crippen LogP contribution in [0.15, 0.2) is 42.5 Å². The molecule has 0 aliphatic carbocycles. The lowest BCUT2D eigenvalue weighted by Crippen LogP contribution is -2.45. The molecule has 0 saturated carbocycles. The Morgan fingerprint density at radius 3 is 2.48 bits per heavy atom.